The number of ether oxygens (including phenoxy) is 1. The predicted molar refractivity (Wildman–Crippen MR) is 79.9 cm³/mol. The zero-order chi connectivity index (χ0) is 14.3. The molecule has 0 N–H and O–H groups in total. The lowest BCUT2D eigenvalue weighted by Gasteiger charge is -2.08. The Morgan fingerprint density at radius 1 is 1.24 bits per heavy atom. The first-order valence-electron chi connectivity index (χ1n) is 6.82. The van der Waals surface area contributed by atoms with E-state index in [0.717, 1.165) is 18.9 Å². The van der Waals surface area contributed by atoms with Crippen molar-refractivity contribution in [2.75, 3.05) is 6.61 Å². The van der Waals surface area contributed by atoms with Gasteiger partial charge in [-0.2, -0.15) is 0 Å². The van der Waals surface area contributed by atoms with Crippen LogP contribution in [-0.2, 0) is 4.74 Å². The third-order valence-electron chi connectivity index (χ3n) is 2.07. The van der Waals surface area contributed by atoms with Gasteiger partial charge >= 0.3 is 0 Å². The first kappa shape index (κ1) is 21.4. The summed E-state index contributed by atoms with van der Waals surface area (Å²) in [5.74, 6) is 2.57. The van der Waals surface area contributed by atoms with E-state index in [1.807, 2.05) is 13.8 Å². The number of hydrogen-bond acceptors (Lipinski definition) is 1. The number of allylic oxidation sites excluding steroid dienone is 1. The SMILES string of the molecule is C#C.CC.CCC.CCC1=CC(C(C)C)CO1. The molecule has 1 aliphatic rings. The maximum atomic E-state index is 5.44. The van der Waals surface area contributed by atoms with Crippen LogP contribution in [0.4, 0.5) is 0 Å². The first-order valence-corrected chi connectivity index (χ1v) is 6.82. The molecule has 0 bridgehead atoms. The van der Waals surface area contributed by atoms with Crippen molar-refractivity contribution in [1.82, 2.24) is 0 Å². The molecular formula is C16H32O. The van der Waals surface area contributed by atoms with Gasteiger partial charge in [0.1, 0.15) is 0 Å². The average molecular weight is 240 g/mol. The molecule has 0 aromatic rings. The molecule has 0 aromatic heterocycles. The van der Waals surface area contributed by atoms with Gasteiger partial charge in [-0.05, 0) is 12.0 Å². The Balaban J connectivity index is -0.000000239. The van der Waals surface area contributed by atoms with E-state index < -0.39 is 0 Å². The second-order valence-corrected chi connectivity index (χ2v) is 3.91. The second-order valence-electron chi connectivity index (χ2n) is 3.91. The van der Waals surface area contributed by atoms with Crippen LogP contribution in [0.1, 0.15) is 61.3 Å². The molecule has 1 rings (SSSR count). The molecule has 0 saturated heterocycles. The maximum absolute atomic E-state index is 5.44. The third kappa shape index (κ3) is 13.0. The minimum Gasteiger partial charge on any atom is -0.498 e. The van der Waals surface area contributed by atoms with E-state index in [0.29, 0.717) is 5.92 Å². The summed E-state index contributed by atoms with van der Waals surface area (Å²) in [4.78, 5) is 0. The summed E-state index contributed by atoms with van der Waals surface area (Å²) in [5, 5.41) is 0. The summed E-state index contributed by atoms with van der Waals surface area (Å²) in [7, 11) is 0. The van der Waals surface area contributed by atoms with E-state index >= 15 is 0 Å². The number of rotatable bonds is 2. The summed E-state index contributed by atoms with van der Waals surface area (Å²) < 4.78 is 5.44. The van der Waals surface area contributed by atoms with Crippen LogP contribution in [0.15, 0.2) is 11.8 Å². The molecule has 1 atom stereocenters. The third-order valence-corrected chi connectivity index (χ3v) is 2.07. The van der Waals surface area contributed by atoms with Gasteiger partial charge in [0, 0.05) is 12.3 Å². The van der Waals surface area contributed by atoms with Crippen LogP contribution < -0.4 is 0 Å². The van der Waals surface area contributed by atoms with E-state index in [4.69, 9.17) is 4.74 Å². The molecule has 1 aliphatic heterocycles. The molecule has 1 heterocycles. The normalized spacial score (nSPS) is 16.1. The van der Waals surface area contributed by atoms with Gasteiger partial charge in [0.2, 0.25) is 0 Å². The Morgan fingerprint density at radius 2 is 1.65 bits per heavy atom. The molecule has 0 saturated carbocycles. The van der Waals surface area contributed by atoms with Crippen molar-refractivity contribution in [1.29, 1.82) is 0 Å². The van der Waals surface area contributed by atoms with Crippen LogP contribution >= 0.6 is 0 Å². The Kier molecular flexibility index (Phi) is 22.0. The van der Waals surface area contributed by atoms with Crippen LogP contribution in [0.25, 0.3) is 0 Å². The molecule has 0 aliphatic carbocycles. The lowest BCUT2D eigenvalue weighted by atomic mass is 9.97. The molecule has 1 heteroatoms. The van der Waals surface area contributed by atoms with Crippen LogP contribution in [0.5, 0.6) is 0 Å². The van der Waals surface area contributed by atoms with E-state index in [-0.39, 0.29) is 0 Å². The van der Waals surface area contributed by atoms with Crippen molar-refractivity contribution in [2.45, 2.75) is 61.3 Å². The predicted octanol–water partition coefficient (Wildman–Crippen LogP) is 5.27. The summed E-state index contributed by atoms with van der Waals surface area (Å²) >= 11 is 0. The van der Waals surface area contributed by atoms with Gasteiger partial charge in [-0.1, -0.05) is 54.9 Å². The fourth-order valence-electron chi connectivity index (χ4n) is 1.14. The van der Waals surface area contributed by atoms with Crippen LogP contribution in [0, 0.1) is 24.7 Å². The van der Waals surface area contributed by atoms with E-state index in [1.54, 1.807) is 0 Å². The van der Waals surface area contributed by atoms with Crippen LogP contribution in [0.3, 0.4) is 0 Å². The second kappa shape index (κ2) is 17.5. The van der Waals surface area contributed by atoms with Crippen LogP contribution in [-0.4, -0.2) is 6.61 Å². The lowest BCUT2D eigenvalue weighted by Crippen LogP contribution is -2.06. The quantitative estimate of drug-likeness (QED) is 0.597. The Labute approximate surface area is 110 Å². The summed E-state index contributed by atoms with van der Waals surface area (Å²) in [6.07, 6.45) is 12.6. The maximum Gasteiger partial charge on any atom is 0.0943 e. The minimum absolute atomic E-state index is 0.662. The number of hydrogen-bond donors (Lipinski definition) is 0. The monoisotopic (exact) mass is 240 g/mol. The van der Waals surface area contributed by atoms with Crippen LogP contribution in [0.2, 0.25) is 0 Å². The van der Waals surface area contributed by atoms with Crippen molar-refractivity contribution < 1.29 is 4.74 Å². The molecular weight excluding hydrogens is 208 g/mol. The fraction of sp³-hybridized carbons (Fsp3) is 0.750. The van der Waals surface area contributed by atoms with Crippen molar-refractivity contribution in [3.63, 3.8) is 0 Å². The molecule has 1 nitrogen and oxygen atoms in total. The molecule has 17 heavy (non-hydrogen) atoms. The van der Waals surface area contributed by atoms with Gasteiger partial charge in [0.05, 0.1) is 12.4 Å². The van der Waals surface area contributed by atoms with Gasteiger partial charge in [0.15, 0.2) is 0 Å². The molecule has 0 radical (unpaired) electrons. The Hall–Kier alpha value is -0.900. The average Bonchev–Trinajstić information content (AvgIpc) is 2.84. The minimum atomic E-state index is 0.662. The summed E-state index contributed by atoms with van der Waals surface area (Å²) in [6, 6.07) is 0. The van der Waals surface area contributed by atoms with E-state index in [9.17, 15) is 0 Å². The van der Waals surface area contributed by atoms with Gasteiger partial charge in [-0.15, -0.1) is 12.8 Å². The van der Waals surface area contributed by atoms with Crippen molar-refractivity contribution in [3.8, 4) is 12.8 Å². The Bertz CT molecular complexity index is 177. The summed E-state index contributed by atoms with van der Waals surface area (Å²) in [6.45, 7) is 15.8. The highest BCUT2D eigenvalue weighted by atomic mass is 16.5. The zero-order valence-electron chi connectivity index (χ0n) is 12.9. The van der Waals surface area contributed by atoms with Gasteiger partial charge < -0.3 is 4.74 Å². The lowest BCUT2D eigenvalue weighted by molar-refractivity contribution is 0.195. The zero-order valence-corrected chi connectivity index (χ0v) is 12.9. The highest BCUT2D eigenvalue weighted by Crippen LogP contribution is 2.23. The molecule has 0 amide bonds. The largest absolute Gasteiger partial charge is 0.498 e. The number of terminal acetylenes is 1. The molecule has 0 aromatic carbocycles. The summed E-state index contributed by atoms with van der Waals surface area (Å²) in [5.41, 5.74) is 0. The molecule has 1 unspecified atom stereocenters. The molecule has 102 valence electrons. The first-order chi connectivity index (χ1) is 8.15. The van der Waals surface area contributed by atoms with Crippen molar-refractivity contribution in [2.24, 2.45) is 11.8 Å². The molecule has 0 spiro atoms. The van der Waals surface area contributed by atoms with Gasteiger partial charge in [-0.3, -0.25) is 0 Å². The highest BCUT2D eigenvalue weighted by Gasteiger charge is 2.18. The topological polar surface area (TPSA) is 9.23 Å². The molecule has 0 fully saturated rings. The van der Waals surface area contributed by atoms with Crippen molar-refractivity contribution in [3.05, 3.63) is 11.8 Å². The van der Waals surface area contributed by atoms with Crippen molar-refractivity contribution >= 4 is 0 Å². The van der Waals surface area contributed by atoms with Gasteiger partial charge in [0.25, 0.3) is 0 Å². The van der Waals surface area contributed by atoms with E-state index in [2.05, 4.69) is 53.5 Å². The Morgan fingerprint density at radius 3 is 1.82 bits per heavy atom. The highest BCUT2D eigenvalue weighted by molar-refractivity contribution is 5.02. The standard InChI is InChI=1S/C9H16O.C3H8.C2H6.C2H2/c1-4-9-5-8(6-10-9)7(2)3;1-3-2;2*1-2/h5,7-8H,4,6H2,1-3H3;3H2,1-2H3;1-2H3;1-2H. The van der Waals surface area contributed by atoms with Gasteiger partial charge in [-0.25, -0.2) is 0 Å². The van der Waals surface area contributed by atoms with E-state index in [1.165, 1.54) is 12.2 Å². The fourth-order valence-corrected chi connectivity index (χ4v) is 1.14. The smallest absolute Gasteiger partial charge is 0.0943 e.